The molecule has 33 nitrogen and oxygen atoms in total. The maximum absolute atomic E-state index is 14.5. The van der Waals surface area contributed by atoms with E-state index in [-0.39, 0.29) is 116 Å². The number of nitrogens with one attached hydrogen (secondary N) is 5. The van der Waals surface area contributed by atoms with E-state index in [1.807, 2.05) is 36.5 Å². The lowest BCUT2D eigenvalue weighted by Gasteiger charge is -2.31. The molecule has 1 saturated carbocycles. The first-order valence-corrected chi connectivity index (χ1v) is 39.9. The summed E-state index contributed by atoms with van der Waals surface area (Å²) in [6.07, 6.45) is 7.56. The van der Waals surface area contributed by atoms with Crippen molar-refractivity contribution in [3.05, 3.63) is 113 Å². The van der Waals surface area contributed by atoms with Crippen LogP contribution in [0.2, 0.25) is 0 Å². The van der Waals surface area contributed by atoms with Gasteiger partial charge in [-0.3, -0.25) is 43.8 Å². The lowest BCUT2D eigenvalue weighted by molar-refractivity contribution is -0.137. The van der Waals surface area contributed by atoms with Crippen molar-refractivity contribution in [3.63, 3.8) is 0 Å². The third kappa shape index (κ3) is 24.5. The lowest BCUT2D eigenvalue weighted by atomic mass is 10.0. The highest BCUT2D eigenvalue weighted by Gasteiger charge is 2.58. The van der Waals surface area contributed by atoms with E-state index in [0.717, 1.165) is 34.6 Å². The number of imide groups is 1. The number of anilines is 3. The van der Waals surface area contributed by atoms with Gasteiger partial charge < -0.3 is 107 Å². The third-order valence-electron chi connectivity index (χ3n) is 20.9. The van der Waals surface area contributed by atoms with E-state index in [9.17, 15) is 43.5 Å². The summed E-state index contributed by atoms with van der Waals surface area (Å²) in [5.41, 5.74) is 4.32. The summed E-state index contributed by atoms with van der Waals surface area (Å²) >= 11 is 0. The Morgan fingerprint density at radius 2 is 1.21 bits per heavy atom. The number of epoxide rings is 1. The van der Waals surface area contributed by atoms with Crippen molar-refractivity contribution in [1.29, 1.82) is 0 Å². The van der Waals surface area contributed by atoms with Crippen molar-refractivity contribution < 1.29 is 115 Å². The average molecular weight is 1620 g/mol. The largest absolute Gasteiger partial charge is 0.497 e. The van der Waals surface area contributed by atoms with E-state index in [4.69, 9.17) is 71.1 Å². The molecule has 6 N–H and O–H groups in total. The number of nitrogens with zero attached hydrogens (tertiary/aromatic N) is 4. The minimum Gasteiger partial charge on any atom is -0.497 e. The number of methoxy groups -OCH3 is 3. The zero-order valence-corrected chi connectivity index (χ0v) is 67.0. The Hall–Kier alpha value is -9.52. The minimum absolute atomic E-state index is 0.00799. The monoisotopic (exact) mass is 1620 g/mol. The number of carbonyl (C=O) groups is 8. The van der Waals surface area contributed by atoms with Crippen LogP contribution in [0.1, 0.15) is 110 Å². The van der Waals surface area contributed by atoms with Gasteiger partial charge in [0.15, 0.2) is 29.2 Å². The number of aliphatic hydroxyl groups is 1. The molecule has 11 rings (SSSR count). The molecular weight excluding hydrogens is 1510 g/mol. The van der Waals surface area contributed by atoms with Crippen LogP contribution in [-0.2, 0) is 77.9 Å². The van der Waals surface area contributed by atoms with Gasteiger partial charge in [0.25, 0.3) is 23.6 Å². The smallest absolute Gasteiger partial charge is 0.416 e. The molecule has 8 amide bonds. The Morgan fingerprint density at radius 1 is 0.629 bits per heavy atom. The number of amides is 8. The molecule has 0 bridgehead atoms. The number of benzene rings is 4. The maximum Gasteiger partial charge on any atom is 0.416 e. The van der Waals surface area contributed by atoms with Gasteiger partial charge in [0.1, 0.15) is 36.8 Å². The van der Waals surface area contributed by atoms with Crippen molar-refractivity contribution in [2.24, 2.45) is 11.3 Å². The fourth-order valence-corrected chi connectivity index (χ4v) is 14.2. The molecule has 7 atom stereocenters. The molecule has 0 aromatic heterocycles. The third-order valence-corrected chi connectivity index (χ3v) is 20.9. The fraction of sp³-hybridized carbons (Fsp3) is 0.566. The Morgan fingerprint density at radius 3 is 1.78 bits per heavy atom. The van der Waals surface area contributed by atoms with Gasteiger partial charge in [-0.15, -0.1) is 0 Å². The van der Waals surface area contributed by atoms with Gasteiger partial charge in [-0.1, -0.05) is 38.1 Å². The second-order valence-corrected chi connectivity index (χ2v) is 29.6. The molecule has 1 spiro atoms. The average Bonchev–Trinajstić information content (AvgIpc) is 1.56. The Labute approximate surface area is 675 Å². The van der Waals surface area contributed by atoms with Crippen LogP contribution < -0.4 is 55.2 Å². The van der Waals surface area contributed by atoms with E-state index >= 15 is 0 Å². The predicted molar refractivity (Wildman–Crippen MR) is 422 cm³/mol. The standard InChI is InChI=1S/C83H111N9O24/c1-54(2)75(88-72(93)21-28-105-30-32-107-34-36-109-38-40-111-42-43-112-41-39-110-37-35-108-33-31-106-29-24-84-78-67(116-78)20-25-89-73(94)18-19-74(89)95)77(97)86-55(3)76(96)87-59-14-10-56(11-15-59)52-115-82(101)92-65-48-71(69(104-6)46-63(65)80(99)91-53-83(22-23-83)49-66(91)81(92)100)114-27-9-7-8-26-113-70-47-64-62(45-68(70)103-5)79(98)90-51-58(44-60(90)50-85-64)57-12-16-61(102-4)17-13-57/h10-19,45-48,51,54-55,60,66-67,75,78,81,84-85,100H,7-9,20-44,49-50,52-53H2,1-6H3,(H,86,97)(H,87,96)(H,88,93)/t55?,60-,66+,67?,75-,78?,81?/m1/s1. The fourth-order valence-electron chi connectivity index (χ4n) is 14.2. The summed E-state index contributed by atoms with van der Waals surface area (Å²) in [6.45, 7) is 13.4. The van der Waals surface area contributed by atoms with Gasteiger partial charge >= 0.3 is 6.09 Å². The van der Waals surface area contributed by atoms with Gasteiger partial charge in [0.2, 0.25) is 17.7 Å². The van der Waals surface area contributed by atoms with Gasteiger partial charge in [-0.2, -0.15) is 0 Å². The van der Waals surface area contributed by atoms with Crippen molar-refractivity contribution in [2.75, 3.05) is 182 Å². The normalized spacial score (nSPS) is 19.3. The van der Waals surface area contributed by atoms with Crippen LogP contribution in [-0.4, -0.2) is 276 Å². The van der Waals surface area contributed by atoms with Gasteiger partial charge in [0, 0.05) is 68.8 Å². The predicted octanol–water partition coefficient (Wildman–Crippen LogP) is 6.23. The number of fused-ring (bicyclic) bond motifs is 4. The van der Waals surface area contributed by atoms with Gasteiger partial charge in [0.05, 0.1) is 175 Å². The number of hydrogen-bond acceptors (Lipinski definition) is 26. The van der Waals surface area contributed by atoms with Crippen LogP contribution in [0, 0.1) is 11.3 Å². The number of hydrogen-bond donors (Lipinski definition) is 6. The number of carbonyl (C=O) groups excluding carboxylic acids is 8. The second kappa shape index (κ2) is 43.6. The van der Waals surface area contributed by atoms with Crippen LogP contribution in [0.15, 0.2) is 91.1 Å². The number of rotatable bonds is 51. The molecule has 116 heavy (non-hydrogen) atoms. The quantitative estimate of drug-likeness (QED) is 0.0162. The van der Waals surface area contributed by atoms with E-state index < -0.39 is 48.2 Å². The summed E-state index contributed by atoms with van der Waals surface area (Å²) in [6, 6.07) is 18.3. The van der Waals surface area contributed by atoms with E-state index in [0.29, 0.717) is 191 Å². The molecule has 6 heterocycles. The molecule has 1 aliphatic carbocycles. The summed E-state index contributed by atoms with van der Waals surface area (Å²) in [5, 5.41) is 27.1. The highest BCUT2D eigenvalue weighted by Crippen LogP contribution is 2.57. The van der Waals surface area contributed by atoms with E-state index in [2.05, 4.69) is 26.6 Å². The Bertz CT molecular complexity index is 4010. The Balaban J connectivity index is 0.521. The summed E-state index contributed by atoms with van der Waals surface area (Å²) in [4.78, 5) is 112. The topological polar surface area (TPSA) is 372 Å². The first kappa shape index (κ1) is 87.3. The zero-order valence-electron chi connectivity index (χ0n) is 67.0. The second-order valence-electron chi connectivity index (χ2n) is 29.6. The number of ether oxygens (including phenoxy) is 15. The van der Waals surface area contributed by atoms with Crippen molar-refractivity contribution in [2.45, 2.75) is 128 Å². The van der Waals surface area contributed by atoms with E-state index in [1.165, 1.54) is 37.2 Å². The highest BCUT2D eigenvalue weighted by atomic mass is 16.6. The minimum atomic E-state index is -1.46. The molecule has 2 saturated heterocycles. The van der Waals surface area contributed by atoms with Crippen LogP contribution in [0.25, 0.3) is 5.57 Å². The first-order chi connectivity index (χ1) is 56.3. The summed E-state index contributed by atoms with van der Waals surface area (Å²) in [5.74, 6) is -0.592. The van der Waals surface area contributed by atoms with Crippen LogP contribution in [0.3, 0.4) is 0 Å². The molecule has 3 fully saturated rings. The van der Waals surface area contributed by atoms with Crippen LogP contribution >= 0.6 is 0 Å². The molecule has 4 unspecified atom stereocenters. The van der Waals surface area contributed by atoms with Crippen molar-refractivity contribution in [3.8, 4) is 28.7 Å². The highest BCUT2D eigenvalue weighted by molar-refractivity contribution is 6.13. The molecule has 33 heteroatoms. The van der Waals surface area contributed by atoms with E-state index in [1.54, 1.807) is 74.3 Å². The number of unbranched alkanes of at least 4 members (excludes halogenated alkanes) is 2. The SMILES string of the molecule is COc1ccc(C2=CN3C(=O)c4cc(OC)c(OCCCCCOc5cc6c(cc5OC)C(=O)N5CC7(CC7)C[C@H]5C(O)N6C(=O)OCc5ccc(NC(=O)C(C)NC(=O)[C@H](NC(=O)CCOCCOCCOCCOCCOCCOCCOCCOCCNC6OC6CCN6C(=O)C=CC6=O)C(C)C)cc5)cc4NC[C@H]3C2)cc1. The lowest BCUT2D eigenvalue weighted by Crippen LogP contribution is -2.53. The first-order valence-electron chi connectivity index (χ1n) is 39.9. The molecular formula is C83H111N9O24. The van der Waals surface area contributed by atoms with Crippen molar-refractivity contribution in [1.82, 2.24) is 30.7 Å². The number of aliphatic hydroxyl groups excluding tert-OH is 1. The van der Waals surface area contributed by atoms with Crippen molar-refractivity contribution >= 4 is 70.1 Å². The van der Waals surface area contributed by atoms with Crippen LogP contribution in [0.4, 0.5) is 21.9 Å². The molecule has 0 radical (unpaired) electrons. The molecule has 4 aromatic carbocycles. The molecule has 632 valence electrons. The Kier molecular flexibility index (Phi) is 32.8. The molecule has 6 aliphatic heterocycles. The van der Waals surface area contributed by atoms with Gasteiger partial charge in [-0.05, 0) is 123 Å². The maximum atomic E-state index is 14.5. The molecule has 7 aliphatic rings. The molecule has 4 aromatic rings. The zero-order chi connectivity index (χ0) is 81.9. The van der Waals surface area contributed by atoms with Gasteiger partial charge in [-0.25, -0.2) is 9.69 Å². The summed E-state index contributed by atoms with van der Waals surface area (Å²) < 4.78 is 85.3. The van der Waals surface area contributed by atoms with Crippen LogP contribution in [0.5, 0.6) is 28.7 Å². The summed E-state index contributed by atoms with van der Waals surface area (Å²) in [7, 11) is 4.64.